The van der Waals surface area contributed by atoms with Gasteiger partial charge in [-0.05, 0) is 47.5 Å². The SMILES string of the molecule is COCc1cccc2nc(Cn3nc(-c4ccc(O)cc4)c4c(N)ncnc43)n(Cc3ccccc3Cl)c(=O)c12. The van der Waals surface area contributed by atoms with Crippen molar-refractivity contribution in [1.29, 1.82) is 0 Å². The molecule has 3 aromatic heterocycles. The third-order valence-electron chi connectivity index (χ3n) is 6.73. The molecule has 0 amide bonds. The number of nitrogen functional groups attached to an aromatic ring is 1. The largest absolute Gasteiger partial charge is 0.508 e. The summed E-state index contributed by atoms with van der Waals surface area (Å²) in [6, 6.07) is 19.5. The lowest BCUT2D eigenvalue weighted by Gasteiger charge is -2.16. The average molecular weight is 554 g/mol. The molecule has 0 aliphatic rings. The summed E-state index contributed by atoms with van der Waals surface area (Å²) in [6.45, 7) is 0.601. The third kappa shape index (κ3) is 4.53. The van der Waals surface area contributed by atoms with Gasteiger partial charge in [0.05, 0.1) is 29.4 Å². The topological polar surface area (TPSA) is 134 Å². The normalized spacial score (nSPS) is 11.4. The van der Waals surface area contributed by atoms with Crippen LogP contribution in [0.25, 0.3) is 33.2 Å². The number of hydrogen-bond donors (Lipinski definition) is 2. The first kappa shape index (κ1) is 25.5. The van der Waals surface area contributed by atoms with Gasteiger partial charge in [-0.15, -0.1) is 0 Å². The van der Waals surface area contributed by atoms with E-state index in [9.17, 15) is 9.90 Å². The number of hydrogen-bond acceptors (Lipinski definition) is 8. The molecule has 6 aromatic rings. The summed E-state index contributed by atoms with van der Waals surface area (Å²) in [5.74, 6) is 0.864. The molecule has 11 heteroatoms. The van der Waals surface area contributed by atoms with Crippen molar-refractivity contribution in [1.82, 2.24) is 29.3 Å². The summed E-state index contributed by atoms with van der Waals surface area (Å²) in [5.41, 5.74) is 9.90. The molecule has 0 saturated heterocycles. The number of ether oxygens (including phenoxy) is 1. The predicted octanol–water partition coefficient (Wildman–Crippen LogP) is 4.39. The number of anilines is 1. The summed E-state index contributed by atoms with van der Waals surface area (Å²) in [4.78, 5) is 27.6. The number of phenols is 1. The summed E-state index contributed by atoms with van der Waals surface area (Å²) in [6.07, 6.45) is 1.37. The monoisotopic (exact) mass is 553 g/mol. The molecule has 3 heterocycles. The number of aromatic hydroxyl groups is 1. The molecule has 0 fully saturated rings. The molecule has 40 heavy (non-hydrogen) atoms. The van der Waals surface area contributed by atoms with Crippen LogP contribution in [0.3, 0.4) is 0 Å². The predicted molar refractivity (Wildman–Crippen MR) is 153 cm³/mol. The number of nitrogens with zero attached hydrogens (tertiary/aromatic N) is 6. The smallest absolute Gasteiger partial charge is 0.262 e. The molecule has 10 nitrogen and oxygen atoms in total. The van der Waals surface area contributed by atoms with Crippen LogP contribution in [0.5, 0.6) is 5.75 Å². The lowest BCUT2D eigenvalue weighted by molar-refractivity contribution is 0.186. The molecule has 0 atom stereocenters. The van der Waals surface area contributed by atoms with Crippen LogP contribution >= 0.6 is 11.6 Å². The van der Waals surface area contributed by atoms with Crippen molar-refractivity contribution < 1.29 is 9.84 Å². The van der Waals surface area contributed by atoms with Gasteiger partial charge in [-0.3, -0.25) is 9.36 Å². The maximum absolute atomic E-state index is 14.1. The second-order valence-electron chi connectivity index (χ2n) is 9.27. The lowest BCUT2D eigenvalue weighted by atomic mass is 10.1. The number of fused-ring (bicyclic) bond motifs is 2. The zero-order chi connectivity index (χ0) is 27.8. The second-order valence-corrected chi connectivity index (χ2v) is 9.67. The Bertz CT molecular complexity index is 1930. The number of rotatable bonds is 7. The van der Waals surface area contributed by atoms with Crippen molar-refractivity contribution in [2.75, 3.05) is 12.8 Å². The maximum Gasteiger partial charge on any atom is 0.262 e. The molecule has 200 valence electrons. The highest BCUT2D eigenvalue weighted by Gasteiger charge is 2.21. The van der Waals surface area contributed by atoms with E-state index in [2.05, 4.69) is 9.97 Å². The number of aromatic nitrogens is 6. The molecule has 0 saturated carbocycles. The first-order chi connectivity index (χ1) is 19.4. The molecule has 0 spiro atoms. The maximum atomic E-state index is 14.1. The van der Waals surface area contributed by atoms with Gasteiger partial charge in [0.15, 0.2) is 5.65 Å². The first-order valence-corrected chi connectivity index (χ1v) is 12.8. The zero-order valence-corrected chi connectivity index (χ0v) is 22.2. The van der Waals surface area contributed by atoms with E-state index in [4.69, 9.17) is 32.2 Å². The van der Waals surface area contributed by atoms with E-state index in [1.54, 1.807) is 46.7 Å². The zero-order valence-electron chi connectivity index (χ0n) is 21.5. The third-order valence-corrected chi connectivity index (χ3v) is 7.09. The summed E-state index contributed by atoms with van der Waals surface area (Å²) in [7, 11) is 1.59. The Hall–Kier alpha value is -4.80. The fraction of sp³-hybridized carbons (Fsp3) is 0.138. The van der Waals surface area contributed by atoms with E-state index >= 15 is 0 Å². The molecule has 0 aliphatic carbocycles. The van der Waals surface area contributed by atoms with Crippen LogP contribution in [0.2, 0.25) is 5.02 Å². The number of nitrogens with two attached hydrogens (primary N) is 1. The number of phenolic OH excluding ortho intramolecular Hbond substituents is 1. The molecule has 0 radical (unpaired) electrons. The van der Waals surface area contributed by atoms with E-state index in [-0.39, 0.29) is 36.8 Å². The van der Waals surface area contributed by atoms with Gasteiger partial charge in [-0.2, -0.15) is 5.10 Å². The molecule has 0 bridgehead atoms. The van der Waals surface area contributed by atoms with E-state index in [0.29, 0.717) is 38.5 Å². The van der Waals surface area contributed by atoms with Crippen LogP contribution in [-0.2, 0) is 24.4 Å². The Morgan fingerprint density at radius 3 is 2.50 bits per heavy atom. The Morgan fingerprint density at radius 1 is 0.950 bits per heavy atom. The van der Waals surface area contributed by atoms with Crippen molar-refractivity contribution >= 4 is 39.4 Å². The van der Waals surface area contributed by atoms with Gasteiger partial charge in [0, 0.05) is 17.7 Å². The number of methoxy groups -OCH3 is 1. The van der Waals surface area contributed by atoms with Crippen molar-refractivity contribution in [3.8, 4) is 17.0 Å². The Kier molecular flexibility index (Phi) is 6.63. The first-order valence-electron chi connectivity index (χ1n) is 12.4. The van der Waals surface area contributed by atoms with Gasteiger partial charge >= 0.3 is 0 Å². The average Bonchev–Trinajstić information content (AvgIpc) is 3.32. The molecule has 3 aromatic carbocycles. The summed E-state index contributed by atoms with van der Waals surface area (Å²) >= 11 is 6.49. The number of halogens is 1. The molecule has 0 aliphatic heterocycles. The second kappa shape index (κ2) is 10.4. The molecule has 6 rings (SSSR count). The number of benzene rings is 3. The van der Waals surface area contributed by atoms with Gasteiger partial charge in [0.1, 0.15) is 36.0 Å². The van der Waals surface area contributed by atoms with Crippen LogP contribution < -0.4 is 11.3 Å². The van der Waals surface area contributed by atoms with E-state index in [1.807, 2.05) is 36.4 Å². The summed E-state index contributed by atoms with van der Waals surface area (Å²) in [5, 5.41) is 16.2. The van der Waals surface area contributed by atoms with Gasteiger partial charge in [0.25, 0.3) is 5.56 Å². The van der Waals surface area contributed by atoms with Gasteiger partial charge in [-0.1, -0.05) is 41.9 Å². The minimum atomic E-state index is -0.211. The Balaban J connectivity index is 1.56. The quantitative estimate of drug-likeness (QED) is 0.297. The van der Waals surface area contributed by atoms with Gasteiger partial charge < -0.3 is 15.6 Å². The Labute approximate surface area is 233 Å². The van der Waals surface area contributed by atoms with Crippen molar-refractivity contribution in [2.24, 2.45) is 0 Å². The van der Waals surface area contributed by atoms with Crippen LogP contribution in [0.4, 0.5) is 5.82 Å². The van der Waals surface area contributed by atoms with Crippen LogP contribution in [0, 0.1) is 0 Å². The fourth-order valence-electron chi connectivity index (χ4n) is 4.83. The Morgan fingerprint density at radius 2 is 1.73 bits per heavy atom. The van der Waals surface area contributed by atoms with Crippen LogP contribution in [0.1, 0.15) is 17.0 Å². The molecular formula is C29H24ClN7O3. The summed E-state index contributed by atoms with van der Waals surface area (Å²) < 4.78 is 8.62. The van der Waals surface area contributed by atoms with E-state index < -0.39 is 0 Å². The van der Waals surface area contributed by atoms with Crippen molar-refractivity contribution in [2.45, 2.75) is 19.7 Å². The minimum absolute atomic E-state index is 0.120. The lowest BCUT2D eigenvalue weighted by Crippen LogP contribution is -2.28. The standard InChI is InChI=1S/C29H24ClN7O3/c1-40-15-19-6-4-8-22-24(19)29(39)36(13-18-5-2-3-7-21(18)30)23(34-22)14-37-28-25(27(31)32-16-33-28)26(35-37)17-9-11-20(38)12-10-17/h2-12,16,38H,13-15H2,1H3,(H2,31,32,33). The molecule has 0 unspecified atom stereocenters. The molecular weight excluding hydrogens is 530 g/mol. The van der Waals surface area contributed by atoms with Crippen molar-refractivity contribution in [3.63, 3.8) is 0 Å². The highest BCUT2D eigenvalue weighted by Crippen LogP contribution is 2.31. The highest BCUT2D eigenvalue weighted by atomic mass is 35.5. The van der Waals surface area contributed by atoms with Gasteiger partial charge in [-0.25, -0.2) is 19.6 Å². The molecule has 3 N–H and O–H groups in total. The van der Waals surface area contributed by atoms with E-state index in [1.165, 1.54) is 6.33 Å². The van der Waals surface area contributed by atoms with Crippen LogP contribution in [0.15, 0.2) is 77.9 Å². The van der Waals surface area contributed by atoms with Crippen molar-refractivity contribution in [3.05, 3.63) is 105 Å². The fourth-order valence-corrected chi connectivity index (χ4v) is 5.03. The van der Waals surface area contributed by atoms with Gasteiger partial charge in [0.2, 0.25) is 0 Å². The van der Waals surface area contributed by atoms with E-state index in [0.717, 1.165) is 16.7 Å². The highest BCUT2D eigenvalue weighted by molar-refractivity contribution is 6.31. The minimum Gasteiger partial charge on any atom is -0.508 e. The van der Waals surface area contributed by atoms with Crippen LogP contribution in [-0.4, -0.2) is 41.5 Å².